The smallest absolute Gasteiger partial charge is 0.348 e. The summed E-state index contributed by atoms with van der Waals surface area (Å²) in [5.41, 5.74) is 13.0. The number of ether oxygens (including phenoxy) is 1. The summed E-state index contributed by atoms with van der Waals surface area (Å²) in [4.78, 5) is 22.8. The summed E-state index contributed by atoms with van der Waals surface area (Å²) in [7, 11) is 1.36. The van der Waals surface area contributed by atoms with E-state index in [4.69, 9.17) is 28.8 Å². The van der Waals surface area contributed by atoms with Crippen LogP contribution in [-0.4, -0.2) is 41.8 Å². The number of hydrogen-bond donors (Lipinski definition) is 4. The van der Waals surface area contributed by atoms with Gasteiger partial charge in [0.15, 0.2) is 5.11 Å². The Labute approximate surface area is 178 Å². The Hall–Kier alpha value is -1.47. The Kier molecular flexibility index (Phi) is 9.39. The number of rotatable bonds is 5. The van der Waals surface area contributed by atoms with Crippen LogP contribution in [0.1, 0.15) is 24.9 Å². The number of anilines is 2. The van der Waals surface area contributed by atoms with Gasteiger partial charge in [-0.2, -0.15) is 0 Å². The number of carbonyl (C=O) groups is 2. The van der Waals surface area contributed by atoms with Gasteiger partial charge in [0, 0.05) is 0 Å². The summed E-state index contributed by atoms with van der Waals surface area (Å²) < 4.78 is 6.38. The molecule has 12 heteroatoms. The zero-order chi connectivity index (χ0) is 20.7. The van der Waals surface area contributed by atoms with E-state index < -0.39 is 5.97 Å². The highest BCUT2D eigenvalue weighted by Crippen LogP contribution is 2.39. The van der Waals surface area contributed by atoms with Crippen LogP contribution in [0.25, 0.3) is 0 Å². The third-order valence-corrected chi connectivity index (χ3v) is 7.82. The molecule has 2 rings (SSSR count). The Balaban J connectivity index is 0.000000277. The molecule has 0 saturated heterocycles. The van der Waals surface area contributed by atoms with E-state index in [1.54, 1.807) is 13.0 Å². The normalized spacial score (nSPS) is 9.93. The van der Waals surface area contributed by atoms with Crippen LogP contribution in [0.2, 0.25) is 0 Å². The van der Waals surface area contributed by atoms with E-state index in [-0.39, 0.29) is 11.1 Å². The fraction of sp³-hybridized carbons (Fsp3) is 0.267. The minimum atomic E-state index is -0.927. The van der Waals surface area contributed by atoms with E-state index in [0.29, 0.717) is 26.7 Å². The topological polar surface area (TPSA) is 128 Å². The molecule has 0 aliphatic carbocycles. The summed E-state index contributed by atoms with van der Waals surface area (Å²) in [6, 6.07) is 1.64. The quantitative estimate of drug-likeness (QED) is 0.292. The molecule has 0 amide bonds. The maximum atomic E-state index is 11.0. The highest BCUT2D eigenvalue weighted by molar-refractivity contribution is 8.00. The molecule has 0 unspecified atom stereocenters. The maximum Gasteiger partial charge on any atom is 0.348 e. The van der Waals surface area contributed by atoms with Gasteiger partial charge >= 0.3 is 11.9 Å². The third-order valence-electron chi connectivity index (χ3n) is 3.04. The largest absolute Gasteiger partial charge is 0.477 e. The lowest BCUT2D eigenvalue weighted by Gasteiger charge is -2.04. The molecule has 2 aromatic heterocycles. The van der Waals surface area contributed by atoms with Crippen molar-refractivity contribution in [2.24, 2.45) is 5.73 Å². The number of esters is 1. The summed E-state index contributed by atoms with van der Waals surface area (Å²) in [6.45, 7) is 1.74. The Morgan fingerprint density at radius 3 is 2.26 bits per heavy atom. The number of nitrogen functional groups attached to an aromatic ring is 1. The highest BCUT2D eigenvalue weighted by Gasteiger charge is 2.19. The van der Waals surface area contributed by atoms with Crippen molar-refractivity contribution in [3.63, 3.8) is 0 Å². The summed E-state index contributed by atoms with van der Waals surface area (Å²) >= 11 is 10.3. The van der Waals surface area contributed by atoms with Crippen LogP contribution < -0.4 is 16.8 Å². The minimum absolute atomic E-state index is 0.142. The number of hydrogen-bond acceptors (Lipinski definition) is 9. The van der Waals surface area contributed by atoms with Gasteiger partial charge in [-0.15, -0.1) is 46.2 Å². The molecule has 6 N–H and O–H groups in total. The molecule has 0 fully saturated rings. The van der Waals surface area contributed by atoms with Crippen molar-refractivity contribution in [3.8, 4) is 0 Å². The van der Waals surface area contributed by atoms with E-state index in [2.05, 4.69) is 10.1 Å². The van der Waals surface area contributed by atoms with Gasteiger partial charge in [-0.25, -0.2) is 9.59 Å². The molecule has 0 radical (unpaired) electrons. The molecular weight excluding hydrogens is 447 g/mol. The molecule has 0 bridgehead atoms. The second-order valence-electron chi connectivity index (χ2n) is 4.77. The Morgan fingerprint density at radius 1 is 1.26 bits per heavy atom. The average Bonchev–Trinajstić information content (AvgIpc) is 3.15. The van der Waals surface area contributed by atoms with Crippen LogP contribution in [0.5, 0.6) is 0 Å². The van der Waals surface area contributed by atoms with Crippen LogP contribution in [0.4, 0.5) is 11.4 Å². The number of nitrogens with two attached hydrogens (primary N) is 2. The van der Waals surface area contributed by atoms with Gasteiger partial charge in [0.25, 0.3) is 0 Å². The monoisotopic (exact) mass is 465 g/mol. The van der Waals surface area contributed by atoms with E-state index >= 15 is 0 Å². The van der Waals surface area contributed by atoms with Gasteiger partial charge in [-0.05, 0) is 43.3 Å². The van der Waals surface area contributed by atoms with Crippen molar-refractivity contribution >= 4 is 86.8 Å². The molecule has 7 nitrogen and oxygen atoms in total. The molecule has 148 valence electrons. The SMILES string of the molecule is COC(=O)c1cc(N)c(SC)s1.CSc1sc(C(=O)O)c(C)c1NC(N)=S. The molecule has 2 aromatic rings. The lowest BCUT2D eigenvalue weighted by Crippen LogP contribution is -2.19. The second-order valence-corrected chi connectivity index (χ2v) is 9.43. The van der Waals surface area contributed by atoms with E-state index in [1.165, 1.54) is 53.3 Å². The van der Waals surface area contributed by atoms with Gasteiger partial charge in [0.2, 0.25) is 0 Å². The number of thiocarbonyl (C=S) groups is 1. The van der Waals surface area contributed by atoms with Crippen molar-refractivity contribution in [3.05, 3.63) is 21.4 Å². The minimum Gasteiger partial charge on any atom is -0.477 e. The van der Waals surface area contributed by atoms with Crippen LogP contribution in [-0.2, 0) is 4.74 Å². The number of thiophene rings is 2. The molecule has 0 aliphatic rings. The number of aromatic carboxylic acids is 1. The Bertz CT molecular complexity index is 847. The Morgan fingerprint density at radius 2 is 1.85 bits per heavy atom. The van der Waals surface area contributed by atoms with Crippen molar-refractivity contribution in [1.82, 2.24) is 0 Å². The van der Waals surface area contributed by atoms with Crippen molar-refractivity contribution in [2.45, 2.75) is 15.3 Å². The standard InChI is InChI=1S/C8H10N2O2S3.C7H9NO2S2/c1-3-4(10-8(9)13)7(14-2)15-5(3)6(11)12;1-10-6(9)5-3-4(8)7(11-2)12-5/h1-2H3,(H,11,12)(H3,9,10,13);3H,8H2,1-2H3. The molecular formula is C15H19N3O4S5. The first-order chi connectivity index (χ1) is 12.7. The number of methoxy groups -OCH3 is 1. The van der Waals surface area contributed by atoms with Gasteiger partial charge in [0.05, 0.1) is 26.9 Å². The fourth-order valence-electron chi connectivity index (χ4n) is 1.85. The molecule has 0 saturated carbocycles. The van der Waals surface area contributed by atoms with E-state index in [0.717, 1.165) is 8.42 Å². The van der Waals surface area contributed by atoms with Gasteiger partial charge in [-0.1, -0.05) is 0 Å². The first kappa shape index (κ1) is 23.6. The first-order valence-electron chi connectivity index (χ1n) is 7.14. The molecule has 0 spiro atoms. The summed E-state index contributed by atoms with van der Waals surface area (Å²) in [6.07, 6.45) is 3.80. The maximum absolute atomic E-state index is 11.0. The van der Waals surface area contributed by atoms with Crippen LogP contribution in [0, 0.1) is 6.92 Å². The van der Waals surface area contributed by atoms with Gasteiger partial charge < -0.3 is 26.6 Å². The van der Waals surface area contributed by atoms with Crippen LogP contribution in [0.3, 0.4) is 0 Å². The predicted molar refractivity (Wildman–Crippen MR) is 120 cm³/mol. The number of carboxylic acid groups (broad SMARTS) is 1. The van der Waals surface area contributed by atoms with Crippen molar-refractivity contribution in [1.29, 1.82) is 0 Å². The lowest BCUT2D eigenvalue weighted by molar-refractivity contribution is 0.0605. The van der Waals surface area contributed by atoms with E-state index in [1.807, 2.05) is 12.5 Å². The summed E-state index contributed by atoms with van der Waals surface area (Å²) in [5, 5.41) is 11.9. The molecule has 0 aliphatic heterocycles. The van der Waals surface area contributed by atoms with Crippen LogP contribution in [0.15, 0.2) is 14.5 Å². The van der Waals surface area contributed by atoms with Crippen LogP contribution >= 0.6 is 58.4 Å². The molecule has 0 atom stereocenters. The molecule has 27 heavy (non-hydrogen) atoms. The van der Waals surface area contributed by atoms with Crippen molar-refractivity contribution in [2.75, 3.05) is 30.7 Å². The predicted octanol–water partition coefficient (Wildman–Crippen LogP) is 3.97. The third kappa shape index (κ3) is 6.28. The molecule has 2 heterocycles. The molecule has 0 aromatic carbocycles. The van der Waals surface area contributed by atoms with Crippen molar-refractivity contribution < 1.29 is 19.4 Å². The van der Waals surface area contributed by atoms with E-state index in [9.17, 15) is 9.59 Å². The summed E-state index contributed by atoms with van der Waals surface area (Å²) in [5.74, 6) is -1.25. The number of nitrogens with one attached hydrogen (secondary N) is 1. The number of carboxylic acids is 1. The highest BCUT2D eigenvalue weighted by atomic mass is 32.2. The number of thioether (sulfide) groups is 2. The zero-order valence-corrected chi connectivity index (χ0v) is 19.0. The number of carbonyl (C=O) groups excluding carboxylic acids is 1. The average molecular weight is 466 g/mol. The van der Waals surface area contributed by atoms with Gasteiger partial charge in [0.1, 0.15) is 9.75 Å². The second kappa shape index (κ2) is 10.8. The van der Waals surface area contributed by atoms with Gasteiger partial charge in [-0.3, -0.25) is 0 Å². The first-order valence-corrected chi connectivity index (χ1v) is 11.6. The fourth-order valence-corrected chi connectivity index (χ4v) is 5.41. The lowest BCUT2D eigenvalue weighted by atomic mass is 10.2. The zero-order valence-electron chi connectivity index (χ0n) is 14.9.